The van der Waals surface area contributed by atoms with E-state index in [9.17, 15) is 0 Å². The van der Waals surface area contributed by atoms with Crippen molar-refractivity contribution in [2.45, 2.75) is 13.5 Å². The van der Waals surface area contributed by atoms with Crippen LogP contribution in [-0.4, -0.2) is 48.2 Å². The third-order valence-electron chi connectivity index (χ3n) is 4.64. The summed E-state index contributed by atoms with van der Waals surface area (Å²) in [6.45, 7) is 6.76. The highest BCUT2D eigenvalue weighted by Gasteiger charge is 2.19. The number of hydrogen-bond acceptors (Lipinski definition) is 3. The van der Waals surface area contributed by atoms with Crippen LogP contribution in [0.5, 0.6) is 5.75 Å². The molecule has 0 saturated carbocycles. The van der Waals surface area contributed by atoms with Crippen molar-refractivity contribution in [2.75, 3.05) is 38.6 Å². The minimum atomic E-state index is 0.712. The van der Waals surface area contributed by atoms with Crippen LogP contribution in [0.25, 0.3) is 0 Å². The number of nitrogens with zero attached hydrogens (tertiary/aromatic N) is 2. The summed E-state index contributed by atoms with van der Waals surface area (Å²) in [7, 11) is 1.70. The highest BCUT2D eigenvalue weighted by atomic mass is 35.5. The lowest BCUT2D eigenvalue weighted by Gasteiger charge is -2.36. The van der Waals surface area contributed by atoms with Crippen LogP contribution >= 0.6 is 23.8 Å². The first-order valence-electron chi connectivity index (χ1n) is 8.72. The number of halogens is 1. The minimum Gasteiger partial charge on any atom is -0.497 e. The highest BCUT2D eigenvalue weighted by Crippen LogP contribution is 2.21. The van der Waals surface area contributed by atoms with Crippen LogP contribution in [0.1, 0.15) is 11.1 Å². The molecule has 0 radical (unpaired) electrons. The Hall–Kier alpha value is -1.82. The van der Waals surface area contributed by atoms with Gasteiger partial charge in [-0.25, -0.2) is 0 Å². The van der Waals surface area contributed by atoms with Gasteiger partial charge in [0, 0.05) is 43.4 Å². The lowest BCUT2D eigenvalue weighted by Crippen LogP contribution is -2.49. The summed E-state index contributed by atoms with van der Waals surface area (Å²) in [5, 5.41) is 4.81. The van der Waals surface area contributed by atoms with E-state index in [1.165, 1.54) is 5.56 Å². The van der Waals surface area contributed by atoms with E-state index in [1.54, 1.807) is 7.11 Å². The minimum absolute atomic E-state index is 0.712. The van der Waals surface area contributed by atoms with Crippen molar-refractivity contribution in [3.63, 3.8) is 0 Å². The first kappa shape index (κ1) is 19.0. The molecule has 1 N–H and O–H groups in total. The predicted molar refractivity (Wildman–Crippen MR) is 112 cm³/mol. The smallest absolute Gasteiger partial charge is 0.173 e. The molecule has 2 aromatic rings. The first-order chi connectivity index (χ1) is 12.5. The highest BCUT2D eigenvalue weighted by molar-refractivity contribution is 7.80. The molecule has 1 heterocycles. The number of ether oxygens (including phenoxy) is 1. The fraction of sp³-hybridized carbons (Fsp3) is 0.350. The monoisotopic (exact) mass is 389 g/mol. The molecule has 1 aliphatic rings. The largest absolute Gasteiger partial charge is 0.497 e. The second-order valence-corrected chi connectivity index (χ2v) is 7.33. The van der Waals surface area contributed by atoms with E-state index in [2.05, 4.69) is 27.2 Å². The van der Waals surface area contributed by atoms with E-state index in [0.29, 0.717) is 5.02 Å². The SMILES string of the molecule is COc1cccc(CN2CCN(C(=S)Nc3cc(Cl)ccc3C)CC2)c1. The van der Waals surface area contributed by atoms with Crippen LogP contribution in [-0.2, 0) is 6.54 Å². The lowest BCUT2D eigenvalue weighted by molar-refractivity contribution is 0.177. The molecular weight excluding hydrogens is 366 g/mol. The molecule has 0 amide bonds. The van der Waals surface area contributed by atoms with Gasteiger partial charge in [0.15, 0.2) is 5.11 Å². The predicted octanol–water partition coefficient (Wildman–Crippen LogP) is 4.17. The van der Waals surface area contributed by atoms with E-state index in [4.69, 9.17) is 28.6 Å². The van der Waals surface area contributed by atoms with E-state index in [1.807, 2.05) is 37.3 Å². The molecule has 3 rings (SSSR count). The summed E-state index contributed by atoms with van der Waals surface area (Å²) in [5.41, 5.74) is 3.38. The summed E-state index contributed by atoms with van der Waals surface area (Å²) in [6.07, 6.45) is 0. The summed E-state index contributed by atoms with van der Waals surface area (Å²) >= 11 is 11.7. The van der Waals surface area contributed by atoms with Gasteiger partial charge in [0.25, 0.3) is 0 Å². The molecule has 1 fully saturated rings. The van der Waals surface area contributed by atoms with Crippen molar-refractivity contribution in [2.24, 2.45) is 0 Å². The molecule has 0 bridgehead atoms. The van der Waals surface area contributed by atoms with Gasteiger partial charge in [-0.15, -0.1) is 0 Å². The number of aryl methyl sites for hydroxylation is 1. The number of nitrogens with one attached hydrogen (secondary N) is 1. The lowest BCUT2D eigenvalue weighted by atomic mass is 10.2. The maximum absolute atomic E-state index is 6.09. The normalized spacial score (nSPS) is 15.0. The Labute approximate surface area is 165 Å². The second-order valence-electron chi connectivity index (χ2n) is 6.50. The summed E-state index contributed by atoms with van der Waals surface area (Å²) < 4.78 is 5.31. The second kappa shape index (κ2) is 8.71. The van der Waals surface area contributed by atoms with Crippen LogP contribution in [0.3, 0.4) is 0 Å². The van der Waals surface area contributed by atoms with Gasteiger partial charge in [-0.2, -0.15) is 0 Å². The maximum Gasteiger partial charge on any atom is 0.173 e. The number of anilines is 1. The Bertz CT molecular complexity index is 775. The van der Waals surface area contributed by atoms with Gasteiger partial charge >= 0.3 is 0 Å². The van der Waals surface area contributed by atoms with Gasteiger partial charge in [0.1, 0.15) is 5.75 Å². The van der Waals surface area contributed by atoms with Gasteiger partial charge in [0.05, 0.1) is 7.11 Å². The molecule has 6 heteroatoms. The molecule has 1 aliphatic heterocycles. The van der Waals surface area contributed by atoms with Gasteiger partial charge < -0.3 is 15.0 Å². The molecule has 0 atom stereocenters. The van der Waals surface area contributed by atoms with Crippen molar-refractivity contribution in [3.05, 3.63) is 58.6 Å². The fourth-order valence-electron chi connectivity index (χ4n) is 3.06. The number of hydrogen-bond donors (Lipinski definition) is 1. The Morgan fingerprint density at radius 2 is 1.92 bits per heavy atom. The molecule has 2 aromatic carbocycles. The molecular formula is C20H24ClN3OS. The zero-order chi connectivity index (χ0) is 18.5. The van der Waals surface area contributed by atoms with E-state index in [0.717, 1.165) is 54.8 Å². The van der Waals surface area contributed by atoms with Gasteiger partial charge in [-0.05, 0) is 54.5 Å². The van der Waals surface area contributed by atoms with Crippen LogP contribution in [0.2, 0.25) is 5.02 Å². The van der Waals surface area contributed by atoms with Gasteiger partial charge in [-0.3, -0.25) is 4.90 Å². The average Bonchev–Trinajstić information content (AvgIpc) is 2.65. The van der Waals surface area contributed by atoms with Crippen LogP contribution < -0.4 is 10.1 Å². The molecule has 138 valence electrons. The summed E-state index contributed by atoms with van der Waals surface area (Å²) in [5.74, 6) is 0.906. The average molecular weight is 390 g/mol. The maximum atomic E-state index is 6.09. The fourth-order valence-corrected chi connectivity index (χ4v) is 3.53. The number of thiocarbonyl (C=S) groups is 1. The number of benzene rings is 2. The van der Waals surface area contributed by atoms with Crippen molar-refractivity contribution < 1.29 is 4.74 Å². The van der Waals surface area contributed by atoms with E-state index in [-0.39, 0.29) is 0 Å². The third kappa shape index (κ3) is 4.87. The molecule has 1 saturated heterocycles. The molecule has 0 spiro atoms. The Morgan fingerprint density at radius 3 is 2.65 bits per heavy atom. The third-order valence-corrected chi connectivity index (χ3v) is 5.24. The summed E-state index contributed by atoms with van der Waals surface area (Å²) in [4.78, 5) is 4.66. The molecule has 0 aliphatic carbocycles. The standard InChI is InChI=1S/C20H24ClN3OS/c1-15-6-7-17(21)13-19(15)22-20(26)24-10-8-23(9-11-24)14-16-4-3-5-18(12-16)25-2/h3-7,12-13H,8-11,14H2,1-2H3,(H,22,26). The van der Waals surface area contributed by atoms with Crippen molar-refractivity contribution in [1.82, 2.24) is 9.80 Å². The van der Waals surface area contributed by atoms with Gasteiger partial charge in [-0.1, -0.05) is 29.8 Å². The van der Waals surface area contributed by atoms with Crippen LogP contribution in [0.4, 0.5) is 5.69 Å². The van der Waals surface area contributed by atoms with Crippen molar-refractivity contribution in [1.29, 1.82) is 0 Å². The number of rotatable bonds is 4. The molecule has 0 unspecified atom stereocenters. The molecule has 26 heavy (non-hydrogen) atoms. The van der Waals surface area contributed by atoms with Gasteiger partial charge in [0.2, 0.25) is 0 Å². The number of methoxy groups -OCH3 is 1. The Balaban J connectivity index is 1.52. The van der Waals surface area contributed by atoms with Crippen LogP contribution in [0.15, 0.2) is 42.5 Å². The number of piperazine rings is 1. The zero-order valence-electron chi connectivity index (χ0n) is 15.2. The van der Waals surface area contributed by atoms with E-state index < -0.39 is 0 Å². The van der Waals surface area contributed by atoms with Crippen LogP contribution in [0, 0.1) is 6.92 Å². The van der Waals surface area contributed by atoms with Crippen molar-refractivity contribution in [3.8, 4) is 5.75 Å². The quantitative estimate of drug-likeness (QED) is 0.792. The Morgan fingerprint density at radius 1 is 1.15 bits per heavy atom. The zero-order valence-corrected chi connectivity index (χ0v) is 16.7. The first-order valence-corrected chi connectivity index (χ1v) is 9.51. The molecule has 4 nitrogen and oxygen atoms in total. The van der Waals surface area contributed by atoms with E-state index >= 15 is 0 Å². The Kier molecular flexibility index (Phi) is 6.35. The molecule has 0 aromatic heterocycles. The van der Waals surface area contributed by atoms with Crippen molar-refractivity contribution >= 4 is 34.6 Å². The topological polar surface area (TPSA) is 27.7 Å². The summed E-state index contributed by atoms with van der Waals surface area (Å²) in [6, 6.07) is 14.1.